The molecule has 1 saturated carbocycles. The van der Waals surface area contributed by atoms with Crippen molar-refractivity contribution in [2.45, 2.75) is 44.2 Å². The summed E-state index contributed by atoms with van der Waals surface area (Å²) in [6.07, 6.45) is 4.80. The van der Waals surface area contributed by atoms with E-state index in [0.717, 1.165) is 48.4 Å². The van der Waals surface area contributed by atoms with E-state index in [2.05, 4.69) is 21.2 Å². The standard InChI is InChI=1S/C18H26BrN3O/c1-18(20,14-4-6-15(19)7-5-14)17(23)22-10-8-16(9-11-22)21-12-13-2-3-13/h4-7,13,16,21H,2-3,8-12,20H2,1H3. The highest BCUT2D eigenvalue weighted by Crippen LogP contribution is 2.28. The lowest BCUT2D eigenvalue weighted by Crippen LogP contribution is -2.54. The molecule has 3 rings (SSSR count). The highest BCUT2D eigenvalue weighted by Gasteiger charge is 2.36. The van der Waals surface area contributed by atoms with Crippen molar-refractivity contribution in [2.75, 3.05) is 19.6 Å². The number of hydrogen-bond acceptors (Lipinski definition) is 3. The summed E-state index contributed by atoms with van der Waals surface area (Å²) in [7, 11) is 0. The Morgan fingerprint density at radius 2 is 1.87 bits per heavy atom. The van der Waals surface area contributed by atoms with Crippen molar-refractivity contribution >= 4 is 21.8 Å². The van der Waals surface area contributed by atoms with Gasteiger partial charge in [0.15, 0.2) is 0 Å². The first-order valence-electron chi connectivity index (χ1n) is 8.54. The Morgan fingerprint density at radius 1 is 1.26 bits per heavy atom. The van der Waals surface area contributed by atoms with Crippen LogP contribution in [0.4, 0.5) is 0 Å². The zero-order valence-electron chi connectivity index (χ0n) is 13.7. The Kier molecular flexibility index (Phi) is 5.09. The molecule has 0 aromatic heterocycles. The Bertz CT molecular complexity index is 546. The summed E-state index contributed by atoms with van der Waals surface area (Å²) in [6, 6.07) is 8.26. The number of piperidine rings is 1. The van der Waals surface area contributed by atoms with E-state index in [1.165, 1.54) is 12.8 Å². The molecule has 4 nitrogen and oxygen atoms in total. The van der Waals surface area contributed by atoms with Crippen molar-refractivity contribution < 1.29 is 4.79 Å². The predicted molar refractivity (Wildman–Crippen MR) is 96.0 cm³/mol. The third-order valence-corrected chi connectivity index (χ3v) is 5.59. The third-order valence-electron chi connectivity index (χ3n) is 5.06. The molecule has 2 fully saturated rings. The van der Waals surface area contributed by atoms with Crippen molar-refractivity contribution in [1.82, 2.24) is 10.2 Å². The average Bonchev–Trinajstić information content (AvgIpc) is 3.37. The Labute approximate surface area is 146 Å². The molecule has 1 heterocycles. The highest BCUT2D eigenvalue weighted by atomic mass is 79.9. The van der Waals surface area contributed by atoms with Gasteiger partial charge in [-0.2, -0.15) is 0 Å². The molecular weight excluding hydrogens is 354 g/mol. The molecular formula is C18H26BrN3O. The number of carbonyl (C=O) groups is 1. The maximum absolute atomic E-state index is 12.9. The minimum atomic E-state index is -0.963. The second-order valence-electron chi connectivity index (χ2n) is 7.13. The van der Waals surface area contributed by atoms with Crippen LogP contribution in [0, 0.1) is 5.92 Å². The van der Waals surface area contributed by atoms with Crippen LogP contribution in [0.2, 0.25) is 0 Å². The molecule has 1 aliphatic heterocycles. The van der Waals surface area contributed by atoms with E-state index in [1.807, 2.05) is 36.1 Å². The van der Waals surface area contributed by atoms with Crippen molar-refractivity contribution in [2.24, 2.45) is 11.7 Å². The fraction of sp³-hybridized carbons (Fsp3) is 0.611. The van der Waals surface area contributed by atoms with Crippen LogP contribution in [0.5, 0.6) is 0 Å². The largest absolute Gasteiger partial charge is 0.341 e. The van der Waals surface area contributed by atoms with Crippen LogP contribution in [0.3, 0.4) is 0 Å². The summed E-state index contributed by atoms with van der Waals surface area (Å²) < 4.78 is 0.993. The normalized spacial score (nSPS) is 22.0. The molecule has 2 aliphatic rings. The number of rotatable bonds is 5. The number of hydrogen-bond donors (Lipinski definition) is 2. The summed E-state index contributed by atoms with van der Waals surface area (Å²) in [5.41, 5.74) is 6.28. The van der Waals surface area contributed by atoms with Crippen LogP contribution >= 0.6 is 15.9 Å². The molecule has 1 unspecified atom stereocenters. The minimum Gasteiger partial charge on any atom is -0.341 e. The van der Waals surface area contributed by atoms with Gasteiger partial charge in [0.25, 0.3) is 0 Å². The molecule has 0 spiro atoms. The number of nitrogens with one attached hydrogen (secondary N) is 1. The van der Waals surface area contributed by atoms with Crippen LogP contribution in [-0.2, 0) is 10.3 Å². The van der Waals surface area contributed by atoms with Crippen molar-refractivity contribution in [3.63, 3.8) is 0 Å². The first-order valence-corrected chi connectivity index (χ1v) is 9.34. The van der Waals surface area contributed by atoms with E-state index in [1.54, 1.807) is 0 Å². The fourth-order valence-corrected chi connectivity index (χ4v) is 3.45. The number of carbonyl (C=O) groups excluding carboxylic acids is 1. The number of benzene rings is 1. The van der Waals surface area contributed by atoms with Crippen LogP contribution in [0.25, 0.3) is 0 Å². The molecule has 1 aliphatic carbocycles. The van der Waals surface area contributed by atoms with Crippen LogP contribution in [0.1, 0.15) is 38.2 Å². The van der Waals surface area contributed by atoms with Gasteiger partial charge < -0.3 is 16.0 Å². The molecule has 3 N–H and O–H groups in total. The van der Waals surface area contributed by atoms with Crippen molar-refractivity contribution in [3.8, 4) is 0 Å². The van der Waals surface area contributed by atoms with Crippen molar-refractivity contribution in [1.29, 1.82) is 0 Å². The van der Waals surface area contributed by atoms with Gasteiger partial charge >= 0.3 is 0 Å². The quantitative estimate of drug-likeness (QED) is 0.826. The van der Waals surface area contributed by atoms with Crippen LogP contribution in [0.15, 0.2) is 28.7 Å². The highest BCUT2D eigenvalue weighted by molar-refractivity contribution is 9.10. The number of likely N-dealkylation sites (tertiary alicyclic amines) is 1. The number of halogens is 1. The van der Waals surface area contributed by atoms with E-state index >= 15 is 0 Å². The van der Waals surface area contributed by atoms with Gasteiger partial charge in [-0.3, -0.25) is 4.79 Å². The van der Waals surface area contributed by atoms with Gasteiger partial charge in [-0.1, -0.05) is 28.1 Å². The van der Waals surface area contributed by atoms with Crippen LogP contribution in [-0.4, -0.2) is 36.5 Å². The molecule has 5 heteroatoms. The summed E-state index contributed by atoms with van der Waals surface area (Å²) in [5, 5.41) is 3.65. The lowest BCUT2D eigenvalue weighted by atomic mass is 9.90. The molecule has 126 valence electrons. The fourth-order valence-electron chi connectivity index (χ4n) is 3.19. The summed E-state index contributed by atoms with van der Waals surface area (Å²) in [6.45, 7) is 4.55. The van der Waals surface area contributed by atoms with Gasteiger partial charge in [-0.05, 0) is 62.8 Å². The smallest absolute Gasteiger partial charge is 0.246 e. The van der Waals surface area contributed by atoms with E-state index in [4.69, 9.17) is 5.73 Å². The van der Waals surface area contributed by atoms with E-state index < -0.39 is 5.54 Å². The Hall–Kier alpha value is -0.910. The van der Waals surface area contributed by atoms with E-state index in [-0.39, 0.29) is 5.91 Å². The number of amides is 1. The molecule has 0 radical (unpaired) electrons. The first-order chi connectivity index (χ1) is 11.0. The molecule has 1 saturated heterocycles. The summed E-state index contributed by atoms with van der Waals surface area (Å²) in [4.78, 5) is 14.8. The summed E-state index contributed by atoms with van der Waals surface area (Å²) in [5.74, 6) is 0.930. The SMILES string of the molecule is CC(N)(C(=O)N1CCC(NCC2CC2)CC1)c1ccc(Br)cc1. The Balaban J connectivity index is 1.56. The topological polar surface area (TPSA) is 58.4 Å². The van der Waals surface area contributed by atoms with E-state index in [0.29, 0.717) is 6.04 Å². The maximum Gasteiger partial charge on any atom is 0.246 e. The van der Waals surface area contributed by atoms with Gasteiger partial charge in [0.05, 0.1) is 0 Å². The van der Waals surface area contributed by atoms with Gasteiger partial charge in [0.2, 0.25) is 5.91 Å². The third kappa shape index (κ3) is 4.14. The second kappa shape index (κ2) is 6.91. The zero-order valence-corrected chi connectivity index (χ0v) is 15.3. The van der Waals surface area contributed by atoms with Gasteiger partial charge in [0.1, 0.15) is 5.54 Å². The van der Waals surface area contributed by atoms with Crippen molar-refractivity contribution in [3.05, 3.63) is 34.3 Å². The minimum absolute atomic E-state index is 0.0282. The second-order valence-corrected chi connectivity index (χ2v) is 8.04. The predicted octanol–water partition coefficient (Wildman–Crippen LogP) is 2.61. The molecule has 1 atom stereocenters. The van der Waals surface area contributed by atoms with Crippen LogP contribution < -0.4 is 11.1 Å². The molecule has 1 aromatic rings. The van der Waals surface area contributed by atoms with Gasteiger partial charge in [-0.15, -0.1) is 0 Å². The van der Waals surface area contributed by atoms with Gasteiger partial charge in [0, 0.05) is 23.6 Å². The molecule has 0 bridgehead atoms. The molecule has 1 aromatic carbocycles. The number of nitrogens with two attached hydrogens (primary N) is 1. The lowest BCUT2D eigenvalue weighted by molar-refractivity contribution is -0.137. The average molecular weight is 380 g/mol. The first kappa shape index (κ1) is 16.9. The molecule has 1 amide bonds. The molecule has 23 heavy (non-hydrogen) atoms. The summed E-state index contributed by atoms with van der Waals surface area (Å²) >= 11 is 3.42. The monoisotopic (exact) mass is 379 g/mol. The number of nitrogens with zero attached hydrogens (tertiary/aromatic N) is 1. The lowest BCUT2D eigenvalue weighted by Gasteiger charge is -2.37. The maximum atomic E-state index is 12.9. The van der Waals surface area contributed by atoms with Gasteiger partial charge in [-0.25, -0.2) is 0 Å². The van der Waals surface area contributed by atoms with E-state index in [9.17, 15) is 4.79 Å². The Morgan fingerprint density at radius 3 is 2.43 bits per heavy atom. The zero-order chi connectivity index (χ0) is 16.4.